The van der Waals surface area contributed by atoms with Crippen LogP contribution in [0.3, 0.4) is 0 Å². The van der Waals surface area contributed by atoms with E-state index >= 15 is 0 Å². The lowest BCUT2D eigenvalue weighted by Crippen LogP contribution is -2.56. The van der Waals surface area contributed by atoms with Gasteiger partial charge in [0.1, 0.15) is 36.6 Å². The summed E-state index contributed by atoms with van der Waals surface area (Å²) in [6.45, 7) is -1.06. The summed E-state index contributed by atoms with van der Waals surface area (Å²) in [5.74, 6) is 0. The van der Waals surface area contributed by atoms with E-state index in [1.165, 1.54) is 0 Å². The van der Waals surface area contributed by atoms with Crippen molar-refractivity contribution < 1.29 is 44.9 Å². The van der Waals surface area contributed by atoms with E-state index in [0.717, 1.165) is 0 Å². The highest BCUT2D eigenvalue weighted by atomic mass is 16.7. The molecule has 9 nitrogen and oxygen atoms in total. The summed E-state index contributed by atoms with van der Waals surface area (Å²) in [5.41, 5.74) is 0. The Kier molecular flexibility index (Phi) is 6.23. The highest BCUT2D eigenvalue weighted by Gasteiger charge is 2.40. The number of aldehydes is 1. The molecule has 0 aromatic heterocycles. The van der Waals surface area contributed by atoms with Gasteiger partial charge in [0.2, 0.25) is 0 Å². The molecule has 9 heteroatoms. The third-order valence-electron chi connectivity index (χ3n) is 2.81. The van der Waals surface area contributed by atoms with Crippen molar-refractivity contribution in [3.63, 3.8) is 0 Å². The maximum absolute atomic E-state index is 10.3. The molecule has 0 unspecified atom stereocenters. The minimum absolute atomic E-state index is 0.0629. The number of ether oxygens (including phenoxy) is 2. The monoisotopic (exact) mass is 282 g/mol. The molecule has 7 atom stereocenters. The van der Waals surface area contributed by atoms with Gasteiger partial charge >= 0.3 is 0 Å². The molecule has 0 radical (unpaired) electrons. The largest absolute Gasteiger partial charge is 0.394 e. The van der Waals surface area contributed by atoms with Crippen molar-refractivity contribution >= 4 is 6.29 Å². The predicted molar refractivity (Wildman–Crippen MR) is 57.8 cm³/mol. The maximum atomic E-state index is 10.3. The summed E-state index contributed by atoms with van der Waals surface area (Å²) >= 11 is 0. The van der Waals surface area contributed by atoms with E-state index in [-0.39, 0.29) is 12.9 Å². The molecule has 19 heavy (non-hydrogen) atoms. The standard InChI is InChI=1S/C10H18O9/c11-1-4(13)7(15)6(2-12)19-10-9(17)8(16)5(14)3-18-10/h1,4-10,12-17H,2-3H2/t4-,5+,6-,7+,8-,9+,10-/m0/s1. The molecule has 0 aromatic carbocycles. The molecule has 0 saturated carbocycles. The van der Waals surface area contributed by atoms with Crippen molar-refractivity contribution in [1.82, 2.24) is 0 Å². The van der Waals surface area contributed by atoms with E-state index in [1.54, 1.807) is 0 Å². The average molecular weight is 282 g/mol. The third-order valence-corrected chi connectivity index (χ3v) is 2.81. The molecule has 0 bridgehead atoms. The van der Waals surface area contributed by atoms with Crippen LogP contribution in [0.1, 0.15) is 0 Å². The Bertz CT molecular complexity index is 286. The second-order valence-corrected chi connectivity index (χ2v) is 4.22. The van der Waals surface area contributed by atoms with E-state index in [1.807, 2.05) is 0 Å². The van der Waals surface area contributed by atoms with E-state index in [4.69, 9.17) is 19.7 Å². The van der Waals surface area contributed by atoms with E-state index < -0.39 is 49.5 Å². The first-order valence-corrected chi connectivity index (χ1v) is 5.66. The van der Waals surface area contributed by atoms with Crippen molar-refractivity contribution in [2.45, 2.75) is 42.9 Å². The molecule has 1 fully saturated rings. The van der Waals surface area contributed by atoms with Crippen LogP contribution in [0, 0.1) is 0 Å². The van der Waals surface area contributed by atoms with Crippen molar-refractivity contribution in [2.75, 3.05) is 13.2 Å². The molecular formula is C10H18O9. The second-order valence-electron chi connectivity index (χ2n) is 4.22. The number of hydrogen-bond acceptors (Lipinski definition) is 9. The van der Waals surface area contributed by atoms with Gasteiger partial charge in [-0.25, -0.2) is 0 Å². The van der Waals surface area contributed by atoms with E-state index in [9.17, 15) is 25.2 Å². The number of carbonyl (C=O) groups excluding carboxylic acids is 1. The molecule has 0 aromatic rings. The third kappa shape index (κ3) is 3.91. The summed E-state index contributed by atoms with van der Waals surface area (Å²) < 4.78 is 9.89. The smallest absolute Gasteiger partial charge is 0.186 e. The summed E-state index contributed by atoms with van der Waals surface area (Å²) in [7, 11) is 0. The normalized spacial score (nSPS) is 36.5. The first kappa shape index (κ1) is 16.4. The molecule has 1 saturated heterocycles. The molecule has 6 N–H and O–H groups in total. The van der Waals surface area contributed by atoms with Gasteiger partial charge in [-0.15, -0.1) is 0 Å². The van der Waals surface area contributed by atoms with Gasteiger partial charge in [0.05, 0.1) is 13.2 Å². The number of aliphatic hydroxyl groups is 6. The van der Waals surface area contributed by atoms with Gasteiger partial charge < -0.3 is 44.9 Å². The quantitative estimate of drug-likeness (QED) is 0.265. The number of hydrogen-bond donors (Lipinski definition) is 6. The van der Waals surface area contributed by atoms with Crippen LogP contribution in [-0.2, 0) is 14.3 Å². The summed E-state index contributed by atoms with van der Waals surface area (Å²) in [6, 6.07) is 0. The topological polar surface area (TPSA) is 157 Å². The Morgan fingerprint density at radius 3 is 2.42 bits per heavy atom. The number of carbonyl (C=O) groups is 1. The van der Waals surface area contributed by atoms with Crippen LogP contribution in [-0.4, -0.2) is 93.1 Å². The summed E-state index contributed by atoms with van der Waals surface area (Å²) in [5, 5.41) is 55.8. The molecule has 0 aliphatic carbocycles. The van der Waals surface area contributed by atoms with Crippen LogP contribution in [0.15, 0.2) is 0 Å². The molecular weight excluding hydrogens is 264 g/mol. The molecule has 0 amide bonds. The Morgan fingerprint density at radius 1 is 1.26 bits per heavy atom. The average Bonchev–Trinajstić information content (AvgIpc) is 2.42. The Labute approximate surface area is 108 Å². The van der Waals surface area contributed by atoms with Crippen LogP contribution < -0.4 is 0 Å². The van der Waals surface area contributed by atoms with Crippen LogP contribution in [0.2, 0.25) is 0 Å². The lowest BCUT2D eigenvalue weighted by Gasteiger charge is -2.37. The fraction of sp³-hybridized carbons (Fsp3) is 0.900. The zero-order valence-electron chi connectivity index (χ0n) is 9.94. The van der Waals surface area contributed by atoms with Crippen LogP contribution in [0.25, 0.3) is 0 Å². The second kappa shape index (κ2) is 7.22. The Morgan fingerprint density at radius 2 is 1.89 bits per heavy atom. The summed E-state index contributed by atoms with van der Waals surface area (Å²) in [6.07, 6.45) is -10.6. The highest BCUT2D eigenvalue weighted by Crippen LogP contribution is 2.19. The lowest BCUT2D eigenvalue weighted by molar-refractivity contribution is -0.295. The molecule has 1 aliphatic rings. The predicted octanol–water partition coefficient (Wildman–Crippen LogP) is -4.28. The van der Waals surface area contributed by atoms with E-state index in [0.29, 0.717) is 0 Å². The van der Waals surface area contributed by atoms with Gasteiger partial charge in [-0.05, 0) is 0 Å². The van der Waals surface area contributed by atoms with Crippen molar-refractivity contribution in [3.8, 4) is 0 Å². The van der Waals surface area contributed by atoms with Gasteiger partial charge in [0.25, 0.3) is 0 Å². The minimum Gasteiger partial charge on any atom is -0.394 e. The lowest BCUT2D eigenvalue weighted by atomic mass is 10.0. The fourth-order valence-corrected chi connectivity index (χ4v) is 1.60. The molecule has 1 heterocycles. The Hall–Kier alpha value is -0.650. The van der Waals surface area contributed by atoms with Crippen LogP contribution >= 0.6 is 0 Å². The van der Waals surface area contributed by atoms with Gasteiger partial charge in [0.15, 0.2) is 12.6 Å². The van der Waals surface area contributed by atoms with Crippen molar-refractivity contribution in [3.05, 3.63) is 0 Å². The molecule has 112 valence electrons. The van der Waals surface area contributed by atoms with Crippen molar-refractivity contribution in [1.29, 1.82) is 0 Å². The van der Waals surface area contributed by atoms with E-state index in [2.05, 4.69) is 0 Å². The van der Waals surface area contributed by atoms with Gasteiger partial charge in [-0.3, -0.25) is 0 Å². The van der Waals surface area contributed by atoms with Crippen molar-refractivity contribution in [2.24, 2.45) is 0 Å². The van der Waals surface area contributed by atoms with Gasteiger partial charge in [-0.1, -0.05) is 0 Å². The Balaban J connectivity index is 2.63. The SMILES string of the molecule is O=C[C@H](O)[C@@H](O)[C@H](CO)O[C@@H]1OC[C@@H](O)[C@H](O)[C@H]1O. The minimum atomic E-state index is -1.77. The maximum Gasteiger partial charge on any atom is 0.186 e. The molecule has 1 aliphatic heterocycles. The summed E-state index contributed by atoms with van der Waals surface area (Å²) in [4.78, 5) is 10.3. The van der Waals surface area contributed by atoms with Crippen LogP contribution in [0.4, 0.5) is 0 Å². The zero-order chi connectivity index (χ0) is 14.6. The highest BCUT2D eigenvalue weighted by molar-refractivity contribution is 5.56. The number of aliphatic hydroxyl groups excluding tert-OH is 6. The fourth-order valence-electron chi connectivity index (χ4n) is 1.60. The molecule has 0 spiro atoms. The zero-order valence-corrected chi connectivity index (χ0v) is 9.94. The van der Waals surface area contributed by atoms with Gasteiger partial charge in [0, 0.05) is 0 Å². The first-order valence-electron chi connectivity index (χ1n) is 5.66. The number of rotatable bonds is 6. The van der Waals surface area contributed by atoms with Crippen LogP contribution in [0.5, 0.6) is 0 Å². The molecule has 1 rings (SSSR count). The first-order chi connectivity index (χ1) is 8.92. The van der Waals surface area contributed by atoms with Gasteiger partial charge in [-0.2, -0.15) is 0 Å².